The highest BCUT2D eigenvalue weighted by molar-refractivity contribution is 5.77. The van der Waals surface area contributed by atoms with Crippen molar-refractivity contribution in [3.63, 3.8) is 0 Å². The van der Waals surface area contributed by atoms with Crippen LogP contribution in [0.4, 0.5) is 0 Å². The fraction of sp³-hybridized carbons (Fsp3) is 0.167. The van der Waals surface area contributed by atoms with Crippen molar-refractivity contribution in [2.45, 2.75) is 13.3 Å². The molecule has 4 heteroatoms. The molecule has 0 saturated heterocycles. The highest BCUT2D eigenvalue weighted by atomic mass is 16.5. The van der Waals surface area contributed by atoms with Crippen LogP contribution >= 0.6 is 0 Å². The van der Waals surface area contributed by atoms with Crippen LogP contribution in [0.2, 0.25) is 0 Å². The lowest BCUT2D eigenvalue weighted by molar-refractivity contribution is 0.0788. The average molecular weight is 217 g/mol. The first-order valence-electron chi connectivity index (χ1n) is 5.04. The predicted octanol–water partition coefficient (Wildman–Crippen LogP) is 2.16. The van der Waals surface area contributed by atoms with Gasteiger partial charge in [0.15, 0.2) is 5.76 Å². The van der Waals surface area contributed by atoms with Gasteiger partial charge < -0.3 is 4.52 Å². The Kier molecular flexibility index (Phi) is 2.72. The highest BCUT2D eigenvalue weighted by Gasteiger charge is 2.12. The van der Waals surface area contributed by atoms with E-state index in [9.17, 15) is 9.59 Å². The number of aromatic nitrogens is 1. The van der Waals surface area contributed by atoms with Gasteiger partial charge in [0, 0.05) is 12.0 Å². The van der Waals surface area contributed by atoms with Gasteiger partial charge in [-0.05, 0) is 0 Å². The number of carbonyl (C=O) groups is 1. The van der Waals surface area contributed by atoms with Gasteiger partial charge in [0.1, 0.15) is 0 Å². The Hall–Kier alpha value is -2.10. The van der Waals surface area contributed by atoms with Crippen molar-refractivity contribution >= 4 is 5.91 Å². The van der Waals surface area contributed by atoms with Crippen LogP contribution in [-0.4, -0.2) is 10.6 Å². The van der Waals surface area contributed by atoms with Gasteiger partial charge in [-0.3, -0.25) is 9.59 Å². The summed E-state index contributed by atoms with van der Waals surface area (Å²) in [4.78, 5) is 22.8. The van der Waals surface area contributed by atoms with Gasteiger partial charge in [0.25, 0.3) is 11.5 Å². The van der Waals surface area contributed by atoms with E-state index in [2.05, 4.69) is 0 Å². The second-order valence-corrected chi connectivity index (χ2v) is 3.35. The Morgan fingerprint density at radius 1 is 1.31 bits per heavy atom. The van der Waals surface area contributed by atoms with E-state index in [1.165, 1.54) is 6.07 Å². The predicted molar refractivity (Wildman–Crippen MR) is 59.3 cm³/mol. The fourth-order valence-corrected chi connectivity index (χ4v) is 1.40. The third-order valence-electron chi connectivity index (χ3n) is 2.23. The number of rotatable bonds is 2. The van der Waals surface area contributed by atoms with E-state index in [0.717, 1.165) is 10.3 Å². The molecule has 0 unspecified atom stereocenters. The molecule has 0 fully saturated rings. The number of nitrogens with zero attached hydrogens (tertiary/aromatic N) is 1. The summed E-state index contributed by atoms with van der Waals surface area (Å²) in [5.74, 6) is 0.0691. The number of hydrogen-bond donors (Lipinski definition) is 0. The molecule has 2 aromatic rings. The van der Waals surface area contributed by atoms with Gasteiger partial charge in [-0.2, -0.15) is 0 Å². The Morgan fingerprint density at radius 3 is 2.62 bits per heavy atom. The van der Waals surface area contributed by atoms with E-state index in [0.29, 0.717) is 5.76 Å². The van der Waals surface area contributed by atoms with Crippen LogP contribution in [-0.2, 0) is 0 Å². The zero-order valence-electron chi connectivity index (χ0n) is 8.84. The molecule has 0 N–H and O–H groups in total. The minimum absolute atomic E-state index is 0.238. The average Bonchev–Trinajstić information content (AvgIpc) is 2.71. The monoisotopic (exact) mass is 217 g/mol. The molecule has 0 saturated carbocycles. The fourth-order valence-electron chi connectivity index (χ4n) is 1.40. The lowest BCUT2D eigenvalue weighted by Crippen LogP contribution is -2.20. The topological polar surface area (TPSA) is 52.2 Å². The standard InChI is InChI=1S/C12H11NO3/c1-2-11(14)13-12(15)8-10(16-13)9-6-4-3-5-7-9/h3-8H,2H2,1H3. The molecule has 0 aliphatic heterocycles. The Morgan fingerprint density at radius 2 is 2.00 bits per heavy atom. The van der Waals surface area contributed by atoms with Crippen LogP contribution in [0, 0.1) is 0 Å². The largest absolute Gasteiger partial charge is 0.368 e. The quantitative estimate of drug-likeness (QED) is 0.774. The molecule has 0 aliphatic rings. The summed E-state index contributed by atoms with van der Waals surface area (Å²) in [6, 6.07) is 10.5. The molecule has 1 aromatic heterocycles. The summed E-state index contributed by atoms with van der Waals surface area (Å²) in [5, 5.41) is 0. The SMILES string of the molecule is CCC(=O)n1oc(-c2ccccc2)cc1=O. The van der Waals surface area contributed by atoms with E-state index in [1.807, 2.05) is 30.3 Å². The highest BCUT2D eigenvalue weighted by Crippen LogP contribution is 2.16. The molecule has 1 aromatic carbocycles. The Balaban J connectivity index is 2.47. The summed E-state index contributed by atoms with van der Waals surface area (Å²) in [7, 11) is 0. The number of hydrogen-bond acceptors (Lipinski definition) is 3. The molecule has 0 amide bonds. The van der Waals surface area contributed by atoms with Crippen molar-refractivity contribution in [1.82, 2.24) is 4.74 Å². The van der Waals surface area contributed by atoms with Crippen molar-refractivity contribution < 1.29 is 9.32 Å². The maximum Gasteiger partial charge on any atom is 0.290 e. The molecule has 0 radical (unpaired) electrons. The van der Waals surface area contributed by atoms with Crippen molar-refractivity contribution in [3.8, 4) is 11.3 Å². The van der Waals surface area contributed by atoms with E-state index >= 15 is 0 Å². The van der Waals surface area contributed by atoms with Gasteiger partial charge in [0.05, 0.1) is 6.07 Å². The van der Waals surface area contributed by atoms with Crippen molar-refractivity contribution in [1.29, 1.82) is 0 Å². The lowest BCUT2D eigenvalue weighted by atomic mass is 10.2. The van der Waals surface area contributed by atoms with E-state index < -0.39 is 5.56 Å². The molecule has 2 rings (SSSR count). The van der Waals surface area contributed by atoms with Gasteiger partial charge >= 0.3 is 0 Å². The molecule has 0 aliphatic carbocycles. The van der Waals surface area contributed by atoms with Crippen LogP contribution in [0.1, 0.15) is 18.1 Å². The maximum absolute atomic E-state index is 11.5. The first kappa shape index (κ1) is 10.4. The van der Waals surface area contributed by atoms with Crippen LogP contribution in [0.15, 0.2) is 45.7 Å². The van der Waals surface area contributed by atoms with Crippen molar-refractivity contribution in [2.24, 2.45) is 0 Å². The maximum atomic E-state index is 11.5. The first-order chi connectivity index (χ1) is 7.72. The number of carbonyl (C=O) groups excluding carboxylic acids is 1. The molecule has 4 nitrogen and oxygen atoms in total. The molecule has 0 bridgehead atoms. The van der Waals surface area contributed by atoms with Gasteiger partial charge in [0.2, 0.25) is 0 Å². The van der Waals surface area contributed by atoms with Crippen LogP contribution < -0.4 is 5.56 Å². The van der Waals surface area contributed by atoms with E-state index in [4.69, 9.17) is 4.52 Å². The molecule has 82 valence electrons. The van der Waals surface area contributed by atoms with Crippen LogP contribution in [0.3, 0.4) is 0 Å². The summed E-state index contributed by atoms with van der Waals surface area (Å²) in [6.07, 6.45) is 0.238. The van der Waals surface area contributed by atoms with Crippen LogP contribution in [0.5, 0.6) is 0 Å². The summed E-state index contributed by atoms with van der Waals surface area (Å²) < 4.78 is 6.00. The third kappa shape index (κ3) is 1.82. The normalized spacial score (nSPS) is 10.3. The summed E-state index contributed by atoms with van der Waals surface area (Å²) in [5.41, 5.74) is 0.355. The Labute approximate surface area is 92.1 Å². The van der Waals surface area contributed by atoms with E-state index in [-0.39, 0.29) is 12.3 Å². The second kappa shape index (κ2) is 4.18. The van der Waals surface area contributed by atoms with Crippen LogP contribution in [0.25, 0.3) is 11.3 Å². The summed E-state index contributed by atoms with van der Waals surface area (Å²) >= 11 is 0. The second-order valence-electron chi connectivity index (χ2n) is 3.35. The minimum Gasteiger partial charge on any atom is -0.368 e. The van der Waals surface area contributed by atoms with Gasteiger partial charge in [-0.15, -0.1) is 4.74 Å². The minimum atomic E-state index is -0.425. The van der Waals surface area contributed by atoms with Crippen molar-refractivity contribution in [3.05, 3.63) is 46.8 Å². The molecular weight excluding hydrogens is 206 g/mol. The smallest absolute Gasteiger partial charge is 0.290 e. The molecule has 1 heterocycles. The Bertz CT molecular complexity index is 551. The molecule has 0 spiro atoms. The van der Waals surface area contributed by atoms with Gasteiger partial charge in [-0.1, -0.05) is 37.3 Å². The number of benzene rings is 1. The molecule has 0 atom stereocenters. The van der Waals surface area contributed by atoms with Gasteiger partial charge in [-0.25, -0.2) is 0 Å². The zero-order chi connectivity index (χ0) is 11.5. The van der Waals surface area contributed by atoms with E-state index in [1.54, 1.807) is 6.92 Å². The van der Waals surface area contributed by atoms with Crippen molar-refractivity contribution in [2.75, 3.05) is 0 Å². The molecular formula is C12H11NO3. The molecule has 16 heavy (non-hydrogen) atoms. The zero-order valence-corrected chi connectivity index (χ0v) is 8.84. The first-order valence-corrected chi connectivity index (χ1v) is 5.04. The summed E-state index contributed by atoms with van der Waals surface area (Å²) in [6.45, 7) is 1.68. The third-order valence-corrected chi connectivity index (χ3v) is 2.23. The lowest BCUT2D eigenvalue weighted by Gasteiger charge is -1.96.